The van der Waals surface area contributed by atoms with E-state index in [-0.39, 0.29) is 41.6 Å². The maximum Gasteiger partial charge on any atom is 0.309 e. The average Bonchev–Trinajstić information content (AvgIpc) is 3.32. The van der Waals surface area contributed by atoms with Crippen LogP contribution in [-0.2, 0) is 20.6 Å². The SMILES string of the molecule is COC(=O)CC1=CN(C(=O)c2cc(OC)c(OCc3ccccc3)cc2[N+](=O)[O-])[C@H](C(O[SiH](C)C)C(C)(C)C)C1. The fourth-order valence-electron chi connectivity index (χ4n) is 4.73. The molecule has 0 spiro atoms. The minimum Gasteiger partial charge on any atom is -0.493 e. The normalized spacial score (nSPS) is 15.9. The Morgan fingerprint density at radius 3 is 2.35 bits per heavy atom. The molecule has 10 nitrogen and oxygen atoms in total. The number of ether oxygens (including phenoxy) is 3. The molecule has 3 rings (SSSR count). The minimum atomic E-state index is -1.55. The van der Waals surface area contributed by atoms with Crippen LogP contribution in [-0.4, -0.2) is 57.1 Å². The van der Waals surface area contributed by atoms with Gasteiger partial charge in [0.25, 0.3) is 11.6 Å². The maximum atomic E-state index is 14.1. The van der Waals surface area contributed by atoms with Gasteiger partial charge in [-0.2, -0.15) is 0 Å². The Hall–Kier alpha value is -3.70. The Labute approximate surface area is 236 Å². The van der Waals surface area contributed by atoms with Gasteiger partial charge < -0.3 is 23.5 Å². The molecule has 0 radical (unpaired) electrons. The van der Waals surface area contributed by atoms with Crippen LogP contribution in [0.4, 0.5) is 5.69 Å². The van der Waals surface area contributed by atoms with Gasteiger partial charge in [-0.05, 0) is 36.1 Å². The van der Waals surface area contributed by atoms with Gasteiger partial charge in [-0.3, -0.25) is 19.7 Å². The van der Waals surface area contributed by atoms with E-state index in [0.29, 0.717) is 12.0 Å². The lowest BCUT2D eigenvalue weighted by molar-refractivity contribution is -0.385. The van der Waals surface area contributed by atoms with Gasteiger partial charge in [0, 0.05) is 12.3 Å². The lowest BCUT2D eigenvalue weighted by Gasteiger charge is -2.40. The third-order valence-corrected chi connectivity index (χ3v) is 7.39. The van der Waals surface area contributed by atoms with Crippen molar-refractivity contribution < 1.29 is 33.1 Å². The van der Waals surface area contributed by atoms with E-state index >= 15 is 0 Å². The molecule has 11 heteroatoms. The molecule has 1 amide bonds. The molecule has 2 aromatic rings. The Morgan fingerprint density at radius 1 is 1.12 bits per heavy atom. The number of hydrogen-bond donors (Lipinski definition) is 0. The first-order chi connectivity index (χ1) is 18.8. The van der Waals surface area contributed by atoms with E-state index in [1.165, 1.54) is 31.3 Å². The highest BCUT2D eigenvalue weighted by Gasteiger charge is 2.43. The summed E-state index contributed by atoms with van der Waals surface area (Å²) in [7, 11) is 1.17. The number of nitrogens with zero attached hydrogens (tertiary/aromatic N) is 2. The van der Waals surface area contributed by atoms with Gasteiger partial charge in [0.15, 0.2) is 20.5 Å². The lowest BCUT2D eigenvalue weighted by Crippen LogP contribution is -2.50. The standard InChI is InChI=1S/C29H38N2O8Si/c1-29(2,3)27(39-40(6)7)23-13-20(14-26(32)37-5)17-30(23)28(33)21-15-24(36-4)25(16-22(21)31(34)35)38-18-19-11-9-8-10-12-19/h8-12,15-17,23,27,40H,13-14,18H2,1-7H3/t23-,27?/m0/s1. The van der Waals surface area contributed by atoms with Crippen LogP contribution in [0.15, 0.2) is 54.2 Å². The Kier molecular flexibility index (Phi) is 10.1. The molecule has 0 saturated heterocycles. The van der Waals surface area contributed by atoms with Gasteiger partial charge >= 0.3 is 5.97 Å². The summed E-state index contributed by atoms with van der Waals surface area (Å²) < 4.78 is 22.6. The van der Waals surface area contributed by atoms with Crippen LogP contribution < -0.4 is 9.47 Å². The highest BCUT2D eigenvalue weighted by atomic mass is 28.3. The van der Waals surface area contributed by atoms with Crippen molar-refractivity contribution in [3.63, 3.8) is 0 Å². The third-order valence-electron chi connectivity index (χ3n) is 6.55. The van der Waals surface area contributed by atoms with Crippen molar-refractivity contribution in [2.75, 3.05) is 14.2 Å². The smallest absolute Gasteiger partial charge is 0.309 e. The van der Waals surface area contributed by atoms with Crippen LogP contribution in [0.1, 0.15) is 49.5 Å². The molecule has 0 N–H and O–H groups in total. The van der Waals surface area contributed by atoms with E-state index in [9.17, 15) is 19.7 Å². The summed E-state index contributed by atoms with van der Waals surface area (Å²) in [6.45, 7) is 10.3. The second kappa shape index (κ2) is 13.1. The van der Waals surface area contributed by atoms with Gasteiger partial charge in [-0.1, -0.05) is 51.1 Å². The third kappa shape index (κ3) is 7.48. The number of carbonyl (C=O) groups excluding carboxylic acids is 2. The van der Waals surface area contributed by atoms with Crippen molar-refractivity contribution in [2.45, 2.75) is 65.5 Å². The molecule has 0 saturated carbocycles. The van der Waals surface area contributed by atoms with E-state index < -0.39 is 37.6 Å². The number of nitro benzene ring substituents is 1. The number of hydrogen-bond acceptors (Lipinski definition) is 8. The topological polar surface area (TPSA) is 117 Å². The molecular weight excluding hydrogens is 532 g/mol. The fraction of sp³-hybridized carbons (Fsp3) is 0.448. The van der Waals surface area contributed by atoms with Crippen molar-refractivity contribution in [3.8, 4) is 11.5 Å². The Morgan fingerprint density at radius 2 is 1.80 bits per heavy atom. The number of rotatable bonds is 11. The first-order valence-electron chi connectivity index (χ1n) is 13.1. The summed E-state index contributed by atoms with van der Waals surface area (Å²) in [4.78, 5) is 39.2. The van der Waals surface area contributed by atoms with E-state index in [2.05, 4.69) is 0 Å². The predicted molar refractivity (Wildman–Crippen MR) is 153 cm³/mol. The highest BCUT2D eigenvalue weighted by molar-refractivity contribution is 6.48. The summed E-state index contributed by atoms with van der Waals surface area (Å²) >= 11 is 0. The number of esters is 1. The van der Waals surface area contributed by atoms with Gasteiger partial charge in [-0.15, -0.1) is 0 Å². The molecule has 1 unspecified atom stereocenters. The first-order valence-corrected chi connectivity index (χ1v) is 15.9. The lowest BCUT2D eigenvalue weighted by atomic mass is 9.83. The number of nitro groups is 1. The van der Waals surface area contributed by atoms with Crippen molar-refractivity contribution in [2.24, 2.45) is 5.41 Å². The largest absolute Gasteiger partial charge is 0.493 e. The summed E-state index contributed by atoms with van der Waals surface area (Å²) in [5, 5.41) is 12.2. The fourth-order valence-corrected chi connectivity index (χ4v) is 5.91. The van der Waals surface area contributed by atoms with Gasteiger partial charge in [0.2, 0.25) is 0 Å². The molecule has 2 aromatic carbocycles. The van der Waals surface area contributed by atoms with Crippen LogP contribution >= 0.6 is 0 Å². The predicted octanol–water partition coefficient (Wildman–Crippen LogP) is 5.26. The second-order valence-corrected chi connectivity index (χ2v) is 13.4. The molecule has 1 heterocycles. The molecule has 0 aliphatic carbocycles. The highest BCUT2D eigenvalue weighted by Crippen LogP contribution is 2.40. The van der Waals surface area contributed by atoms with Crippen LogP contribution in [0.3, 0.4) is 0 Å². The van der Waals surface area contributed by atoms with Crippen LogP contribution in [0.2, 0.25) is 13.1 Å². The number of carbonyl (C=O) groups is 2. The monoisotopic (exact) mass is 570 g/mol. The number of amides is 1. The van der Waals surface area contributed by atoms with Crippen molar-refractivity contribution in [1.29, 1.82) is 0 Å². The summed E-state index contributed by atoms with van der Waals surface area (Å²) in [6, 6.07) is 11.4. The van der Waals surface area contributed by atoms with E-state index in [1.54, 1.807) is 6.20 Å². The number of benzene rings is 2. The van der Waals surface area contributed by atoms with Crippen LogP contribution in [0, 0.1) is 15.5 Å². The van der Waals surface area contributed by atoms with Gasteiger partial charge in [0.05, 0.1) is 43.8 Å². The molecular formula is C29H38N2O8Si. The summed E-state index contributed by atoms with van der Waals surface area (Å²) in [6.07, 6.45) is 1.62. The average molecular weight is 571 g/mol. The van der Waals surface area contributed by atoms with Crippen molar-refractivity contribution in [3.05, 3.63) is 75.5 Å². The van der Waals surface area contributed by atoms with Crippen LogP contribution in [0.25, 0.3) is 0 Å². The first kappa shape index (κ1) is 30.8. The summed E-state index contributed by atoms with van der Waals surface area (Å²) in [5.41, 5.74) is 0.648. The molecule has 0 fully saturated rings. The van der Waals surface area contributed by atoms with Crippen molar-refractivity contribution in [1.82, 2.24) is 4.90 Å². The molecule has 0 aromatic heterocycles. The zero-order chi connectivity index (χ0) is 29.6. The Bertz CT molecular complexity index is 1260. The number of methoxy groups -OCH3 is 2. The minimum absolute atomic E-state index is 0.00439. The molecule has 0 bridgehead atoms. The van der Waals surface area contributed by atoms with E-state index in [1.807, 2.05) is 64.2 Å². The maximum absolute atomic E-state index is 14.1. The molecule has 2 atom stereocenters. The van der Waals surface area contributed by atoms with Gasteiger partial charge in [0.1, 0.15) is 12.2 Å². The van der Waals surface area contributed by atoms with Crippen molar-refractivity contribution >= 4 is 26.6 Å². The Balaban J connectivity index is 2.05. The quantitative estimate of drug-likeness (QED) is 0.155. The molecule has 1 aliphatic heterocycles. The second-order valence-electron chi connectivity index (χ2n) is 11.0. The zero-order valence-corrected chi connectivity index (χ0v) is 25.3. The van der Waals surface area contributed by atoms with E-state index in [4.69, 9.17) is 18.6 Å². The molecule has 40 heavy (non-hydrogen) atoms. The zero-order valence-electron chi connectivity index (χ0n) is 24.1. The molecule has 1 aliphatic rings. The summed E-state index contributed by atoms with van der Waals surface area (Å²) in [5.74, 6) is -0.681. The molecule has 216 valence electrons. The van der Waals surface area contributed by atoms with Crippen LogP contribution in [0.5, 0.6) is 11.5 Å². The van der Waals surface area contributed by atoms with E-state index in [0.717, 1.165) is 5.56 Å². The van der Waals surface area contributed by atoms with Gasteiger partial charge in [-0.25, -0.2) is 0 Å².